The number of nitrogens with zero attached hydrogens (tertiary/aromatic N) is 3. The lowest BCUT2D eigenvalue weighted by Gasteiger charge is -2.16. The van der Waals surface area contributed by atoms with Crippen LogP contribution in [0.2, 0.25) is 0 Å². The molecule has 1 atom stereocenters. The van der Waals surface area contributed by atoms with Gasteiger partial charge in [-0.25, -0.2) is 9.97 Å². The van der Waals surface area contributed by atoms with Crippen LogP contribution in [-0.2, 0) is 4.79 Å². The summed E-state index contributed by atoms with van der Waals surface area (Å²) in [5.41, 5.74) is 1.48. The Morgan fingerprint density at radius 3 is 2.83 bits per heavy atom. The summed E-state index contributed by atoms with van der Waals surface area (Å²) >= 11 is 0. The third-order valence-electron chi connectivity index (χ3n) is 4.92. The number of aryl methyl sites for hydroxylation is 1. The minimum Gasteiger partial charge on any atom is -0.352 e. The van der Waals surface area contributed by atoms with Crippen molar-refractivity contribution in [1.29, 1.82) is 0 Å². The highest BCUT2D eigenvalue weighted by atomic mass is 16.2. The van der Waals surface area contributed by atoms with Crippen LogP contribution in [0.3, 0.4) is 0 Å². The number of rotatable bonds is 5. The van der Waals surface area contributed by atoms with Gasteiger partial charge < -0.3 is 10.2 Å². The number of aromatic nitrogens is 2. The average molecular weight is 314 g/mol. The van der Waals surface area contributed by atoms with Gasteiger partial charge in [0.05, 0.1) is 11.3 Å². The lowest BCUT2D eigenvalue weighted by atomic mass is 10.1. The van der Waals surface area contributed by atoms with Gasteiger partial charge in [0.15, 0.2) is 0 Å². The maximum atomic E-state index is 12.5. The zero-order valence-electron chi connectivity index (χ0n) is 13.4. The number of carbonyl (C=O) groups excluding carboxylic acids is 2. The summed E-state index contributed by atoms with van der Waals surface area (Å²) in [6.07, 6.45) is 6.67. The van der Waals surface area contributed by atoms with Gasteiger partial charge in [0.1, 0.15) is 5.82 Å². The summed E-state index contributed by atoms with van der Waals surface area (Å²) in [6, 6.07) is 0.468. The Bertz CT molecular complexity index is 652. The van der Waals surface area contributed by atoms with E-state index >= 15 is 0 Å². The number of hydrogen-bond acceptors (Lipinski definition) is 4. The van der Waals surface area contributed by atoms with Crippen molar-refractivity contribution in [1.82, 2.24) is 20.2 Å². The van der Waals surface area contributed by atoms with Crippen LogP contribution in [0.15, 0.2) is 6.20 Å². The molecule has 1 aromatic rings. The molecule has 23 heavy (non-hydrogen) atoms. The van der Waals surface area contributed by atoms with E-state index in [2.05, 4.69) is 15.3 Å². The Hall–Kier alpha value is -1.98. The molecule has 122 valence electrons. The molecule has 0 radical (unpaired) electrons. The fourth-order valence-electron chi connectivity index (χ4n) is 3.35. The zero-order chi connectivity index (χ0) is 16.0. The quantitative estimate of drug-likeness (QED) is 0.891. The van der Waals surface area contributed by atoms with Gasteiger partial charge in [0.25, 0.3) is 5.91 Å². The molecular formula is C17H22N4O2. The molecule has 1 N–H and O–H groups in total. The monoisotopic (exact) mass is 314 g/mol. The van der Waals surface area contributed by atoms with Gasteiger partial charge in [-0.1, -0.05) is 0 Å². The second-order valence-corrected chi connectivity index (χ2v) is 7.05. The summed E-state index contributed by atoms with van der Waals surface area (Å²) in [5, 5.41) is 2.99. The topological polar surface area (TPSA) is 75.2 Å². The largest absolute Gasteiger partial charge is 0.352 e. The van der Waals surface area contributed by atoms with E-state index in [1.807, 2.05) is 11.8 Å². The molecule has 2 aliphatic carbocycles. The van der Waals surface area contributed by atoms with Crippen LogP contribution >= 0.6 is 0 Å². The van der Waals surface area contributed by atoms with Crippen molar-refractivity contribution in [2.45, 2.75) is 51.0 Å². The third kappa shape index (κ3) is 3.07. The molecule has 6 nitrogen and oxygen atoms in total. The number of carbonyl (C=O) groups is 2. The molecule has 6 heteroatoms. The van der Waals surface area contributed by atoms with E-state index in [0.29, 0.717) is 36.3 Å². The highest BCUT2D eigenvalue weighted by Crippen LogP contribution is 2.40. The fraction of sp³-hybridized carbons (Fsp3) is 0.647. The van der Waals surface area contributed by atoms with E-state index in [0.717, 1.165) is 37.9 Å². The SMILES string of the molecule is Cc1ncc(C(=O)NCC2CC(=O)N(C3CC3)C2)c(C2CC2)n1. The van der Waals surface area contributed by atoms with E-state index < -0.39 is 0 Å². The summed E-state index contributed by atoms with van der Waals surface area (Å²) in [6.45, 7) is 3.18. The zero-order valence-corrected chi connectivity index (χ0v) is 13.4. The summed E-state index contributed by atoms with van der Waals surface area (Å²) in [7, 11) is 0. The minimum absolute atomic E-state index is 0.107. The van der Waals surface area contributed by atoms with Crippen LogP contribution < -0.4 is 5.32 Å². The Balaban J connectivity index is 1.38. The van der Waals surface area contributed by atoms with Gasteiger partial charge in [0, 0.05) is 43.6 Å². The van der Waals surface area contributed by atoms with Crippen LogP contribution in [0.1, 0.15) is 59.9 Å². The van der Waals surface area contributed by atoms with E-state index in [4.69, 9.17) is 0 Å². The van der Waals surface area contributed by atoms with Gasteiger partial charge in [-0.15, -0.1) is 0 Å². The predicted octanol–water partition coefficient (Wildman–Crippen LogP) is 1.40. The number of hydrogen-bond donors (Lipinski definition) is 1. The normalized spacial score (nSPS) is 24.1. The molecule has 1 saturated heterocycles. The summed E-state index contributed by atoms with van der Waals surface area (Å²) < 4.78 is 0. The molecule has 1 unspecified atom stereocenters. The Kier molecular flexibility index (Phi) is 3.54. The maximum Gasteiger partial charge on any atom is 0.254 e. The first-order valence-electron chi connectivity index (χ1n) is 8.53. The maximum absolute atomic E-state index is 12.5. The van der Waals surface area contributed by atoms with Crippen LogP contribution in [0.5, 0.6) is 0 Å². The predicted molar refractivity (Wildman–Crippen MR) is 83.9 cm³/mol. The first-order chi connectivity index (χ1) is 11.1. The lowest BCUT2D eigenvalue weighted by molar-refractivity contribution is -0.128. The van der Waals surface area contributed by atoms with Crippen molar-refractivity contribution in [2.75, 3.05) is 13.1 Å². The Labute approximate surface area is 135 Å². The highest BCUT2D eigenvalue weighted by Gasteiger charge is 2.39. The first-order valence-corrected chi connectivity index (χ1v) is 8.53. The van der Waals surface area contributed by atoms with Crippen LogP contribution in [-0.4, -0.2) is 45.8 Å². The van der Waals surface area contributed by atoms with E-state index in [9.17, 15) is 9.59 Å². The van der Waals surface area contributed by atoms with E-state index in [1.165, 1.54) is 0 Å². The number of likely N-dealkylation sites (tertiary alicyclic amines) is 1. The Morgan fingerprint density at radius 2 is 2.13 bits per heavy atom. The summed E-state index contributed by atoms with van der Waals surface area (Å²) in [4.78, 5) is 35.1. The molecular weight excluding hydrogens is 292 g/mol. The number of amides is 2. The minimum atomic E-state index is -0.107. The van der Waals surface area contributed by atoms with Gasteiger partial charge in [0.2, 0.25) is 5.91 Å². The van der Waals surface area contributed by atoms with E-state index in [1.54, 1.807) is 6.20 Å². The van der Waals surface area contributed by atoms with Crippen LogP contribution in [0.25, 0.3) is 0 Å². The molecule has 0 aromatic carbocycles. The molecule has 3 aliphatic rings. The molecule has 1 aliphatic heterocycles. The lowest BCUT2D eigenvalue weighted by Crippen LogP contribution is -2.32. The van der Waals surface area contributed by atoms with Crippen molar-refractivity contribution in [3.63, 3.8) is 0 Å². The van der Waals surface area contributed by atoms with Crippen molar-refractivity contribution < 1.29 is 9.59 Å². The van der Waals surface area contributed by atoms with Gasteiger partial charge in [-0.3, -0.25) is 9.59 Å². The molecule has 4 rings (SSSR count). The molecule has 1 aromatic heterocycles. The summed E-state index contributed by atoms with van der Waals surface area (Å²) in [5.74, 6) is 1.48. The Morgan fingerprint density at radius 1 is 1.35 bits per heavy atom. The second-order valence-electron chi connectivity index (χ2n) is 7.05. The van der Waals surface area contributed by atoms with Crippen molar-refractivity contribution in [3.8, 4) is 0 Å². The highest BCUT2D eigenvalue weighted by molar-refractivity contribution is 5.95. The standard InChI is InChI=1S/C17H22N4O2/c1-10-18-8-14(16(20-10)12-2-3-12)17(23)19-7-11-6-15(22)21(9-11)13-4-5-13/h8,11-13H,2-7,9H2,1H3,(H,19,23). The fourth-order valence-corrected chi connectivity index (χ4v) is 3.35. The third-order valence-corrected chi connectivity index (χ3v) is 4.92. The van der Waals surface area contributed by atoms with Gasteiger partial charge in [-0.05, 0) is 32.6 Å². The van der Waals surface area contributed by atoms with Crippen LogP contribution in [0, 0.1) is 12.8 Å². The molecule has 0 spiro atoms. The molecule has 2 heterocycles. The average Bonchev–Trinajstić information content (AvgIpc) is 3.43. The number of nitrogens with one attached hydrogen (secondary N) is 1. The van der Waals surface area contributed by atoms with Crippen molar-refractivity contribution in [2.24, 2.45) is 5.92 Å². The molecule has 2 amide bonds. The molecule has 0 bridgehead atoms. The van der Waals surface area contributed by atoms with Crippen LogP contribution in [0.4, 0.5) is 0 Å². The van der Waals surface area contributed by atoms with E-state index in [-0.39, 0.29) is 17.7 Å². The first kappa shape index (κ1) is 14.6. The molecule has 2 saturated carbocycles. The van der Waals surface area contributed by atoms with Gasteiger partial charge >= 0.3 is 0 Å². The van der Waals surface area contributed by atoms with Crippen molar-refractivity contribution >= 4 is 11.8 Å². The molecule has 3 fully saturated rings. The van der Waals surface area contributed by atoms with Gasteiger partial charge in [-0.2, -0.15) is 0 Å². The second kappa shape index (κ2) is 5.58. The van der Waals surface area contributed by atoms with Crippen molar-refractivity contribution in [3.05, 3.63) is 23.3 Å². The smallest absolute Gasteiger partial charge is 0.254 e.